The zero-order chi connectivity index (χ0) is 14.7. The summed E-state index contributed by atoms with van der Waals surface area (Å²) >= 11 is 6.04. The molecule has 4 nitrogen and oxygen atoms in total. The highest BCUT2D eigenvalue weighted by Crippen LogP contribution is 2.26. The Bertz CT molecular complexity index is 759. The Morgan fingerprint density at radius 1 is 0.810 bits per heavy atom. The molecular weight excluding hydrogens is 284 g/mol. The van der Waals surface area contributed by atoms with Gasteiger partial charge in [0.25, 0.3) is 0 Å². The lowest BCUT2D eigenvalue weighted by atomic mass is 10.1. The number of rotatable bonds is 3. The van der Waals surface area contributed by atoms with Crippen LogP contribution in [0.4, 0.5) is 5.95 Å². The van der Waals surface area contributed by atoms with Gasteiger partial charge < -0.3 is 0 Å². The largest absolute Gasteiger partial charge is 0.292 e. The molecule has 5 heteroatoms. The summed E-state index contributed by atoms with van der Waals surface area (Å²) in [5.41, 5.74) is 5.98. The number of anilines is 1. The van der Waals surface area contributed by atoms with Crippen LogP contribution in [0.1, 0.15) is 0 Å². The molecule has 0 saturated carbocycles. The monoisotopic (exact) mass is 296 g/mol. The average Bonchev–Trinajstić information content (AvgIpc) is 2.55. The number of benzene rings is 2. The molecule has 0 fully saturated rings. The highest BCUT2D eigenvalue weighted by molar-refractivity contribution is 6.30. The minimum atomic E-state index is 0.367. The quantitative estimate of drug-likeness (QED) is 0.571. The Labute approximate surface area is 127 Å². The first kappa shape index (κ1) is 13.5. The lowest BCUT2D eigenvalue weighted by Crippen LogP contribution is -2.11. The molecule has 1 heterocycles. The maximum Gasteiger partial charge on any atom is 0.238 e. The van der Waals surface area contributed by atoms with Crippen LogP contribution in [0.15, 0.2) is 60.7 Å². The van der Waals surface area contributed by atoms with Gasteiger partial charge in [-0.3, -0.25) is 5.43 Å². The number of aromatic nitrogens is 2. The van der Waals surface area contributed by atoms with Gasteiger partial charge in [0, 0.05) is 16.1 Å². The third-order valence-corrected chi connectivity index (χ3v) is 3.28. The number of hydrogen-bond donors (Lipinski definition) is 2. The maximum absolute atomic E-state index is 6.04. The van der Waals surface area contributed by atoms with Crippen molar-refractivity contribution in [3.05, 3.63) is 65.7 Å². The van der Waals surface area contributed by atoms with Crippen LogP contribution in [-0.4, -0.2) is 9.97 Å². The minimum Gasteiger partial charge on any atom is -0.292 e. The van der Waals surface area contributed by atoms with E-state index >= 15 is 0 Å². The van der Waals surface area contributed by atoms with Gasteiger partial charge in [-0.25, -0.2) is 15.8 Å². The van der Waals surface area contributed by atoms with E-state index in [-0.39, 0.29) is 0 Å². The van der Waals surface area contributed by atoms with Crippen molar-refractivity contribution in [3.8, 4) is 22.5 Å². The number of hydrogen-bond acceptors (Lipinski definition) is 4. The Morgan fingerprint density at radius 3 is 2.14 bits per heavy atom. The van der Waals surface area contributed by atoms with Crippen LogP contribution in [-0.2, 0) is 0 Å². The molecule has 0 unspecified atom stereocenters. The molecular formula is C16H13ClN4. The molecule has 3 aromatic rings. The number of nitrogens with two attached hydrogens (primary N) is 1. The molecule has 0 saturated heterocycles. The van der Waals surface area contributed by atoms with Crippen LogP contribution in [0, 0.1) is 0 Å². The third-order valence-electron chi connectivity index (χ3n) is 3.05. The molecule has 0 atom stereocenters. The highest BCUT2D eigenvalue weighted by atomic mass is 35.5. The van der Waals surface area contributed by atoms with Gasteiger partial charge in [0.2, 0.25) is 5.95 Å². The van der Waals surface area contributed by atoms with Crippen LogP contribution >= 0.6 is 11.6 Å². The summed E-state index contributed by atoms with van der Waals surface area (Å²) in [4.78, 5) is 8.77. The van der Waals surface area contributed by atoms with Crippen molar-refractivity contribution in [1.29, 1.82) is 0 Å². The van der Waals surface area contributed by atoms with E-state index in [1.54, 1.807) is 0 Å². The molecule has 0 bridgehead atoms. The van der Waals surface area contributed by atoms with Crippen molar-refractivity contribution >= 4 is 17.5 Å². The lowest BCUT2D eigenvalue weighted by Gasteiger charge is -2.08. The van der Waals surface area contributed by atoms with Gasteiger partial charge in [0.1, 0.15) is 0 Å². The molecule has 21 heavy (non-hydrogen) atoms. The zero-order valence-electron chi connectivity index (χ0n) is 11.1. The smallest absolute Gasteiger partial charge is 0.238 e. The van der Waals surface area contributed by atoms with Gasteiger partial charge in [0.05, 0.1) is 11.4 Å². The van der Waals surface area contributed by atoms with Gasteiger partial charge in [-0.05, 0) is 18.2 Å². The first-order valence-electron chi connectivity index (χ1n) is 6.43. The first-order valence-corrected chi connectivity index (χ1v) is 6.81. The van der Waals surface area contributed by atoms with E-state index in [1.165, 1.54) is 0 Å². The van der Waals surface area contributed by atoms with Crippen molar-refractivity contribution in [2.45, 2.75) is 0 Å². The fourth-order valence-electron chi connectivity index (χ4n) is 2.06. The summed E-state index contributed by atoms with van der Waals surface area (Å²) < 4.78 is 0. The van der Waals surface area contributed by atoms with Gasteiger partial charge in [-0.15, -0.1) is 0 Å². The van der Waals surface area contributed by atoms with E-state index in [2.05, 4.69) is 15.4 Å². The average molecular weight is 297 g/mol. The maximum atomic E-state index is 6.04. The number of nitrogen functional groups attached to an aromatic ring is 1. The van der Waals surface area contributed by atoms with Crippen LogP contribution < -0.4 is 11.3 Å². The van der Waals surface area contributed by atoms with Gasteiger partial charge in [-0.1, -0.05) is 54.1 Å². The number of nitrogens with zero attached hydrogens (tertiary/aromatic N) is 2. The topological polar surface area (TPSA) is 63.8 Å². The Morgan fingerprint density at radius 2 is 1.48 bits per heavy atom. The van der Waals surface area contributed by atoms with Gasteiger partial charge in [-0.2, -0.15) is 0 Å². The van der Waals surface area contributed by atoms with E-state index in [0.717, 1.165) is 22.5 Å². The second-order valence-corrected chi connectivity index (χ2v) is 4.92. The fraction of sp³-hybridized carbons (Fsp3) is 0. The summed E-state index contributed by atoms with van der Waals surface area (Å²) in [6.07, 6.45) is 0. The molecule has 0 radical (unpaired) electrons. The van der Waals surface area contributed by atoms with E-state index < -0.39 is 0 Å². The van der Waals surface area contributed by atoms with Crippen LogP contribution in [0.2, 0.25) is 5.02 Å². The van der Waals surface area contributed by atoms with Crippen molar-refractivity contribution in [2.75, 3.05) is 5.43 Å². The molecule has 0 aliphatic rings. The van der Waals surface area contributed by atoms with Crippen molar-refractivity contribution in [1.82, 2.24) is 9.97 Å². The summed E-state index contributed by atoms with van der Waals surface area (Å²) in [6, 6.07) is 19.3. The normalized spacial score (nSPS) is 10.4. The molecule has 3 N–H and O–H groups in total. The molecule has 0 amide bonds. The molecule has 0 aliphatic heterocycles. The van der Waals surface area contributed by atoms with Gasteiger partial charge in [0.15, 0.2) is 0 Å². The van der Waals surface area contributed by atoms with Crippen LogP contribution in [0.25, 0.3) is 22.5 Å². The van der Waals surface area contributed by atoms with Crippen LogP contribution in [0.5, 0.6) is 0 Å². The van der Waals surface area contributed by atoms with Crippen molar-refractivity contribution < 1.29 is 0 Å². The first-order chi connectivity index (χ1) is 10.3. The molecule has 2 aromatic carbocycles. The van der Waals surface area contributed by atoms with E-state index in [9.17, 15) is 0 Å². The molecule has 3 rings (SSSR count). The number of halogens is 1. The predicted octanol–water partition coefficient (Wildman–Crippen LogP) is 3.75. The lowest BCUT2D eigenvalue weighted by molar-refractivity contribution is 1.12. The second kappa shape index (κ2) is 5.91. The van der Waals surface area contributed by atoms with Crippen molar-refractivity contribution in [2.24, 2.45) is 5.84 Å². The summed E-state index contributed by atoms with van der Waals surface area (Å²) in [5.74, 6) is 5.84. The SMILES string of the molecule is NNc1nc(-c2ccccc2)cc(-c2cccc(Cl)c2)n1. The third kappa shape index (κ3) is 3.02. The van der Waals surface area contributed by atoms with Gasteiger partial charge >= 0.3 is 0 Å². The summed E-state index contributed by atoms with van der Waals surface area (Å²) in [6.45, 7) is 0. The summed E-state index contributed by atoms with van der Waals surface area (Å²) in [5, 5.41) is 0.662. The van der Waals surface area contributed by atoms with Crippen molar-refractivity contribution in [3.63, 3.8) is 0 Å². The van der Waals surface area contributed by atoms with E-state index in [0.29, 0.717) is 11.0 Å². The Balaban J connectivity index is 2.14. The summed E-state index contributed by atoms with van der Waals surface area (Å²) in [7, 11) is 0. The number of nitrogens with one attached hydrogen (secondary N) is 1. The predicted molar refractivity (Wildman–Crippen MR) is 85.7 cm³/mol. The fourth-order valence-corrected chi connectivity index (χ4v) is 2.25. The molecule has 1 aromatic heterocycles. The molecule has 0 spiro atoms. The van der Waals surface area contributed by atoms with E-state index in [4.69, 9.17) is 17.4 Å². The molecule has 0 aliphatic carbocycles. The standard InChI is InChI=1S/C16H13ClN4/c17-13-8-4-7-12(9-13)15-10-14(19-16(20-15)21-18)11-5-2-1-3-6-11/h1-10H,18H2,(H,19,20,21). The second-order valence-electron chi connectivity index (χ2n) is 4.48. The van der Waals surface area contributed by atoms with Crippen LogP contribution in [0.3, 0.4) is 0 Å². The zero-order valence-corrected chi connectivity index (χ0v) is 11.9. The Kier molecular flexibility index (Phi) is 3.81. The number of hydrazine groups is 1. The minimum absolute atomic E-state index is 0.367. The highest BCUT2D eigenvalue weighted by Gasteiger charge is 2.08. The molecule has 104 valence electrons. The van der Waals surface area contributed by atoms with E-state index in [1.807, 2.05) is 60.7 Å². The Hall–Kier alpha value is -2.43.